The third-order valence-corrected chi connectivity index (χ3v) is 3.81. The van der Waals surface area contributed by atoms with Crippen LogP contribution in [0, 0.1) is 4.84 Å². The second-order valence-corrected chi connectivity index (χ2v) is 5.65. The van der Waals surface area contributed by atoms with E-state index in [4.69, 9.17) is 21.1 Å². The molecule has 0 atom stereocenters. The molecule has 0 radical (unpaired) electrons. The molecule has 0 unspecified atom stereocenters. The Morgan fingerprint density at radius 2 is 2.26 bits per heavy atom. The molecule has 0 aromatic carbocycles. The van der Waals surface area contributed by atoms with Gasteiger partial charge in [0.1, 0.15) is 4.88 Å². The molecular formula is C12H11N3O2S2. The summed E-state index contributed by atoms with van der Waals surface area (Å²) in [5.74, 6) is 1.48. The van der Waals surface area contributed by atoms with Gasteiger partial charge in [-0.05, 0) is 30.3 Å². The lowest BCUT2D eigenvalue weighted by Gasteiger charge is -2.00. The van der Waals surface area contributed by atoms with Gasteiger partial charge in [-0.1, -0.05) is 13.8 Å². The lowest BCUT2D eigenvalue weighted by atomic mass is 10.1. The number of hydrogen-bond acceptors (Lipinski definition) is 6. The van der Waals surface area contributed by atoms with E-state index in [-0.39, 0.29) is 10.8 Å². The molecular weight excluding hydrogens is 282 g/mol. The number of aromatic nitrogens is 3. The van der Waals surface area contributed by atoms with Gasteiger partial charge in [0.25, 0.3) is 10.7 Å². The summed E-state index contributed by atoms with van der Waals surface area (Å²) >= 11 is 6.39. The predicted molar refractivity (Wildman–Crippen MR) is 74.6 cm³/mol. The summed E-state index contributed by atoms with van der Waals surface area (Å²) in [6, 6.07) is 3.72. The Balaban J connectivity index is 2.15. The molecule has 0 aliphatic heterocycles. The minimum Gasteiger partial charge on any atom is -0.462 e. The molecule has 0 aliphatic rings. The number of aromatic amines is 1. The Labute approximate surface area is 118 Å². The topological polar surface area (TPSA) is 67.8 Å². The fourth-order valence-corrected chi connectivity index (χ4v) is 2.95. The largest absolute Gasteiger partial charge is 0.462 e. The van der Waals surface area contributed by atoms with Gasteiger partial charge in [-0.3, -0.25) is 0 Å². The lowest BCUT2D eigenvalue weighted by Crippen LogP contribution is -1.90. The maximum atomic E-state index is 5.38. The van der Waals surface area contributed by atoms with Crippen molar-refractivity contribution in [3.05, 3.63) is 28.9 Å². The molecule has 19 heavy (non-hydrogen) atoms. The van der Waals surface area contributed by atoms with Crippen LogP contribution in [0.1, 0.15) is 25.5 Å². The van der Waals surface area contributed by atoms with Gasteiger partial charge in [0, 0.05) is 0 Å². The van der Waals surface area contributed by atoms with Gasteiger partial charge in [0.05, 0.1) is 12.0 Å². The van der Waals surface area contributed by atoms with Crippen molar-refractivity contribution in [3.63, 3.8) is 0 Å². The van der Waals surface area contributed by atoms with E-state index < -0.39 is 0 Å². The maximum absolute atomic E-state index is 5.38. The van der Waals surface area contributed by atoms with Gasteiger partial charge in [0.15, 0.2) is 10.8 Å². The molecule has 0 bridgehead atoms. The van der Waals surface area contributed by atoms with E-state index in [0.29, 0.717) is 5.89 Å². The highest BCUT2D eigenvalue weighted by atomic mass is 32.1. The zero-order chi connectivity index (χ0) is 13.4. The Bertz CT molecular complexity index is 737. The molecule has 1 N–H and O–H groups in total. The lowest BCUT2D eigenvalue weighted by molar-refractivity contribution is 0.552. The number of nitrogens with one attached hydrogen (secondary N) is 1. The number of rotatable bonds is 3. The van der Waals surface area contributed by atoms with E-state index in [2.05, 4.69) is 29.0 Å². The van der Waals surface area contributed by atoms with Crippen LogP contribution in [0.5, 0.6) is 0 Å². The minimum absolute atomic E-state index is 0.260. The van der Waals surface area contributed by atoms with Gasteiger partial charge in [-0.15, -0.1) is 16.4 Å². The van der Waals surface area contributed by atoms with Crippen LogP contribution in [0.25, 0.3) is 21.5 Å². The summed E-state index contributed by atoms with van der Waals surface area (Å²) in [5.41, 5.74) is 0.932. The summed E-state index contributed by atoms with van der Waals surface area (Å²) in [6.07, 6.45) is 1.63. The average Bonchev–Trinajstić information content (AvgIpc) is 3.07. The van der Waals surface area contributed by atoms with E-state index in [1.807, 2.05) is 12.1 Å². The molecule has 0 fully saturated rings. The molecule has 5 nitrogen and oxygen atoms in total. The third kappa shape index (κ3) is 2.26. The van der Waals surface area contributed by atoms with Crippen molar-refractivity contribution in [1.82, 2.24) is 15.2 Å². The molecule has 3 aromatic heterocycles. The predicted octanol–water partition coefficient (Wildman–Crippen LogP) is 4.24. The van der Waals surface area contributed by atoms with E-state index in [1.54, 1.807) is 6.26 Å². The van der Waals surface area contributed by atoms with Crippen LogP contribution in [-0.4, -0.2) is 15.2 Å². The Morgan fingerprint density at radius 1 is 1.42 bits per heavy atom. The summed E-state index contributed by atoms with van der Waals surface area (Å²) in [5, 5.41) is 7.51. The van der Waals surface area contributed by atoms with E-state index >= 15 is 0 Å². The first-order chi connectivity index (χ1) is 9.15. The van der Waals surface area contributed by atoms with Gasteiger partial charge >= 0.3 is 0 Å². The normalized spacial score (nSPS) is 11.3. The highest BCUT2D eigenvalue weighted by Crippen LogP contribution is 2.37. The summed E-state index contributed by atoms with van der Waals surface area (Å²) in [6.45, 7) is 4.15. The monoisotopic (exact) mass is 293 g/mol. The van der Waals surface area contributed by atoms with Crippen LogP contribution < -0.4 is 0 Å². The van der Waals surface area contributed by atoms with Crippen molar-refractivity contribution in [2.24, 2.45) is 0 Å². The number of furan rings is 1. The molecule has 0 amide bonds. The molecule has 98 valence electrons. The smallest absolute Gasteiger partial charge is 0.284 e. The van der Waals surface area contributed by atoms with Gasteiger partial charge in [-0.2, -0.15) is 0 Å². The number of nitrogens with zero attached hydrogens (tertiary/aromatic N) is 2. The minimum atomic E-state index is 0.260. The maximum Gasteiger partial charge on any atom is 0.284 e. The van der Waals surface area contributed by atoms with Gasteiger partial charge in [0.2, 0.25) is 0 Å². The zero-order valence-electron chi connectivity index (χ0n) is 10.3. The number of H-pyrrole nitrogens is 1. The molecule has 3 aromatic rings. The fourth-order valence-electron chi connectivity index (χ4n) is 1.71. The molecule has 3 rings (SSSR count). The van der Waals surface area contributed by atoms with Crippen molar-refractivity contribution in [3.8, 4) is 21.5 Å². The van der Waals surface area contributed by atoms with Crippen molar-refractivity contribution < 1.29 is 8.83 Å². The summed E-state index contributed by atoms with van der Waals surface area (Å²) < 4.78 is 10.8. The molecule has 3 heterocycles. The van der Waals surface area contributed by atoms with Crippen LogP contribution in [0.3, 0.4) is 0 Å². The first-order valence-electron chi connectivity index (χ1n) is 5.75. The van der Waals surface area contributed by atoms with Crippen LogP contribution in [0.2, 0.25) is 0 Å². The summed E-state index contributed by atoms with van der Waals surface area (Å²) in [7, 11) is 0. The second-order valence-electron chi connectivity index (χ2n) is 4.28. The standard InChI is InChI=1S/C12H11N3O2S2/c1-6(2)8-9(10-14-15-12(18)17-10)19-11(13-8)7-4-3-5-16-7/h3-6H,1-2H3,(H,15,18). The van der Waals surface area contributed by atoms with Crippen LogP contribution in [-0.2, 0) is 0 Å². The third-order valence-electron chi connectivity index (χ3n) is 2.56. The van der Waals surface area contributed by atoms with Crippen molar-refractivity contribution in [1.29, 1.82) is 0 Å². The van der Waals surface area contributed by atoms with E-state index in [0.717, 1.165) is 21.3 Å². The molecule has 0 saturated heterocycles. The number of hydrogen-bond donors (Lipinski definition) is 1. The first kappa shape index (κ1) is 12.3. The highest BCUT2D eigenvalue weighted by Gasteiger charge is 2.21. The zero-order valence-corrected chi connectivity index (χ0v) is 12.0. The second kappa shape index (κ2) is 4.75. The van der Waals surface area contributed by atoms with Crippen molar-refractivity contribution >= 4 is 23.6 Å². The SMILES string of the molecule is CC(C)c1nc(-c2ccco2)sc1-c1n[nH]c(=S)o1. The fraction of sp³-hybridized carbons (Fsp3) is 0.250. The Morgan fingerprint density at radius 3 is 2.84 bits per heavy atom. The van der Waals surface area contributed by atoms with Crippen molar-refractivity contribution in [2.45, 2.75) is 19.8 Å². The van der Waals surface area contributed by atoms with Crippen molar-refractivity contribution in [2.75, 3.05) is 0 Å². The average molecular weight is 293 g/mol. The van der Waals surface area contributed by atoms with Gasteiger partial charge < -0.3 is 8.83 Å². The Hall–Kier alpha value is -1.73. The van der Waals surface area contributed by atoms with Gasteiger partial charge in [-0.25, -0.2) is 10.1 Å². The highest BCUT2D eigenvalue weighted by molar-refractivity contribution is 7.71. The Kier molecular flexibility index (Phi) is 3.08. The molecule has 0 spiro atoms. The first-order valence-corrected chi connectivity index (χ1v) is 6.98. The molecule has 7 heteroatoms. The van der Waals surface area contributed by atoms with E-state index in [1.165, 1.54) is 11.3 Å². The van der Waals surface area contributed by atoms with Crippen LogP contribution in [0.4, 0.5) is 0 Å². The quantitative estimate of drug-likeness (QED) is 0.731. The van der Waals surface area contributed by atoms with Crippen LogP contribution >= 0.6 is 23.6 Å². The number of thiazole rings is 1. The van der Waals surface area contributed by atoms with E-state index in [9.17, 15) is 0 Å². The summed E-state index contributed by atoms with van der Waals surface area (Å²) in [4.78, 5) is 5.76. The van der Waals surface area contributed by atoms with Crippen LogP contribution in [0.15, 0.2) is 27.2 Å². The molecule has 0 aliphatic carbocycles. The molecule has 0 saturated carbocycles.